The van der Waals surface area contributed by atoms with Crippen molar-refractivity contribution in [1.29, 1.82) is 0 Å². The van der Waals surface area contributed by atoms with Gasteiger partial charge in [-0.25, -0.2) is 0 Å². The van der Waals surface area contributed by atoms with Crippen molar-refractivity contribution in [2.45, 2.75) is 117 Å². The minimum atomic E-state index is -0.260. The maximum absolute atomic E-state index is 6.32. The lowest BCUT2D eigenvalue weighted by Gasteiger charge is -2.23. The second kappa shape index (κ2) is 15.4. The van der Waals surface area contributed by atoms with Gasteiger partial charge in [-0.3, -0.25) is 0 Å². The Labute approximate surface area is 227 Å². The number of ether oxygens (including phenoxy) is 3. The topological polar surface area (TPSA) is 27.7 Å². The van der Waals surface area contributed by atoms with Crippen molar-refractivity contribution in [3.05, 3.63) is 59.7 Å². The third-order valence-electron chi connectivity index (χ3n) is 7.61. The van der Waals surface area contributed by atoms with Crippen LogP contribution in [0.2, 0.25) is 0 Å². The second-order valence-corrected chi connectivity index (χ2v) is 12.4. The maximum atomic E-state index is 6.32. The lowest BCUT2D eigenvalue weighted by atomic mass is 9.84. The average molecular weight is 509 g/mol. The predicted octanol–water partition coefficient (Wildman–Crippen LogP) is 9.73. The summed E-state index contributed by atoms with van der Waals surface area (Å²) in [7, 11) is 0. The zero-order chi connectivity index (χ0) is 26.5. The fourth-order valence-corrected chi connectivity index (χ4v) is 5.17. The molecule has 2 atom stereocenters. The summed E-state index contributed by atoms with van der Waals surface area (Å²) in [4.78, 5) is 0. The van der Waals surface area contributed by atoms with Crippen molar-refractivity contribution in [2.24, 2.45) is 11.3 Å². The van der Waals surface area contributed by atoms with Crippen molar-refractivity contribution in [2.75, 3.05) is 13.2 Å². The molecule has 3 rings (SSSR count). The monoisotopic (exact) mass is 508 g/mol. The summed E-state index contributed by atoms with van der Waals surface area (Å²) in [5.41, 5.74) is 3.17. The van der Waals surface area contributed by atoms with Crippen LogP contribution in [0.3, 0.4) is 0 Å². The van der Waals surface area contributed by atoms with Crippen LogP contribution in [0.1, 0.15) is 116 Å². The van der Waals surface area contributed by atoms with Crippen LogP contribution >= 0.6 is 0 Å². The molecule has 0 amide bonds. The number of hydrogen-bond acceptors (Lipinski definition) is 3. The number of unbranched alkanes of at least 4 members (excludes halogenated alkanes) is 1. The van der Waals surface area contributed by atoms with Gasteiger partial charge in [-0.15, -0.1) is 0 Å². The Balaban J connectivity index is 1.48. The van der Waals surface area contributed by atoms with E-state index < -0.39 is 0 Å². The van der Waals surface area contributed by atoms with Gasteiger partial charge in [-0.1, -0.05) is 97.4 Å². The molecule has 0 radical (unpaired) electrons. The van der Waals surface area contributed by atoms with E-state index in [1.807, 2.05) is 0 Å². The molecular weight excluding hydrogens is 456 g/mol. The fraction of sp³-hybridized carbons (Fsp3) is 0.647. The Hall–Kier alpha value is -2.00. The Morgan fingerprint density at radius 1 is 0.865 bits per heavy atom. The van der Waals surface area contributed by atoms with Crippen molar-refractivity contribution in [3.63, 3.8) is 0 Å². The minimum absolute atomic E-state index is 0.260. The van der Waals surface area contributed by atoms with Gasteiger partial charge >= 0.3 is 0 Å². The molecule has 0 bridgehead atoms. The van der Waals surface area contributed by atoms with Gasteiger partial charge in [0.2, 0.25) is 0 Å². The van der Waals surface area contributed by atoms with E-state index >= 15 is 0 Å². The molecule has 0 aliphatic heterocycles. The first-order valence-electron chi connectivity index (χ1n) is 14.9. The lowest BCUT2D eigenvalue weighted by Crippen LogP contribution is -2.25. The largest absolute Gasteiger partial charge is 0.491 e. The van der Waals surface area contributed by atoms with Crippen molar-refractivity contribution in [3.8, 4) is 11.5 Å². The van der Waals surface area contributed by atoms with Crippen molar-refractivity contribution >= 4 is 0 Å². The summed E-state index contributed by atoms with van der Waals surface area (Å²) in [5, 5.41) is 0. The normalized spacial score (nSPS) is 16.4. The molecule has 1 aliphatic carbocycles. The quantitative estimate of drug-likeness (QED) is 0.177. The summed E-state index contributed by atoms with van der Waals surface area (Å²) in [6, 6.07) is 17.3. The van der Waals surface area contributed by atoms with Crippen LogP contribution < -0.4 is 9.47 Å². The maximum Gasteiger partial charge on any atom is 0.200 e. The van der Waals surface area contributed by atoms with Crippen LogP contribution in [0, 0.1) is 11.3 Å². The molecule has 3 heteroatoms. The van der Waals surface area contributed by atoms with Gasteiger partial charge in [-0.05, 0) is 78.3 Å². The molecule has 0 N–H and O–H groups in total. The summed E-state index contributed by atoms with van der Waals surface area (Å²) in [6.45, 7) is 12.5. The number of hydrogen-bond donors (Lipinski definition) is 0. The van der Waals surface area contributed by atoms with Crippen LogP contribution in [0.25, 0.3) is 0 Å². The zero-order valence-electron chi connectivity index (χ0n) is 24.3. The Morgan fingerprint density at radius 3 is 2.19 bits per heavy atom. The first-order chi connectivity index (χ1) is 17.8. The van der Waals surface area contributed by atoms with E-state index in [9.17, 15) is 0 Å². The first kappa shape index (κ1) is 29.6. The number of aryl methyl sites for hydroxylation is 1. The summed E-state index contributed by atoms with van der Waals surface area (Å²) in [5.74, 6) is 3.09. The van der Waals surface area contributed by atoms with Crippen LogP contribution in [0.5, 0.6) is 11.5 Å². The molecule has 2 unspecified atom stereocenters. The highest BCUT2D eigenvalue weighted by molar-refractivity contribution is 5.30. The highest BCUT2D eigenvalue weighted by Gasteiger charge is 2.17. The van der Waals surface area contributed by atoms with E-state index in [1.165, 1.54) is 68.9 Å². The zero-order valence-corrected chi connectivity index (χ0v) is 24.3. The van der Waals surface area contributed by atoms with Gasteiger partial charge in [-0.2, -0.15) is 0 Å². The molecular formula is C34H52O3. The first-order valence-corrected chi connectivity index (χ1v) is 14.9. The SMILES string of the molecule is CCCCC(C)CC(OCCOc1ccc(C2CCCCC2)cc1)Oc1ccc(CCC(C)(C)C)cc1. The fourth-order valence-electron chi connectivity index (χ4n) is 5.17. The van der Waals surface area contributed by atoms with Gasteiger partial charge in [0.25, 0.3) is 0 Å². The van der Waals surface area contributed by atoms with E-state index in [1.54, 1.807) is 0 Å². The van der Waals surface area contributed by atoms with Gasteiger partial charge < -0.3 is 14.2 Å². The van der Waals surface area contributed by atoms with E-state index in [0.717, 1.165) is 30.3 Å². The smallest absolute Gasteiger partial charge is 0.200 e. The second-order valence-electron chi connectivity index (χ2n) is 12.4. The highest BCUT2D eigenvalue weighted by Crippen LogP contribution is 2.33. The Bertz CT molecular complexity index is 859. The van der Waals surface area contributed by atoms with E-state index in [2.05, 4.69) is 83.1 Å². The van der Waals surface area contributed by atoms with Crippen molar-refractivity contribution in [1.82, 2.24) is 0 Å². The van der Waals surface area contributed by atoms with Crippen LogP contribution in [-0.4, -0.2) is 19.5 Å². The van der Waals surface area contributed by atoms with Crippen molar-refractivity contribution < 1.29 is 14.2 Å². The molecule has 1 saturated carbocycles. The van der Waals surface area contributed by atoms with E-state index in [-0.39, 0.29) is 6.29 Å². The molecule has 0 heterocycles. The molecule has 0 aromatic heterocycles. The molecule has 1 aliphatic rings. The lowest BCUT2D eigenvalue weighted by molar-refractivity contribution is -0.0981. The van der Waals surface area contributed by atoms with E-state index in [4.69, 9.17) is 14.2 Å². The van der Waals surface area contributed by atoms with Crippen LogP contribution in [0.15, 0.2) is 48.5 Å². The van der Waals surface area contributed by atoms with E-state index in [0.29, 0.717) is 24.5 Å². The summed E-state index contributed by atoms with van der Waals surface area (Å²) >= 11 is 0. The molecule has 37 heavy (non-hydrogen) atoms. The summed E-state index contributed by atoms with van der Waals surface area (Å²) in [6.07, 6.45) is 13.3. The summed E-state index contributed by atoms with van der Waals surface area (Å²) < 4.78 is 18.5. The average Bonchev–Trinajstić information content (AvgIpc) is 2.90. The molecule has 0 saturated heterocycles. The van der Waals surface area contributed by atoms with Crippen LogP contribution in [0.4, 0.5) is 0 Å². The molecule has 3 nitrogen and oxygen atoms in total. The molecule has 2 aromatic carbocycles. The van der Waals surface area contributed by atoms with Gasteiger partial charge in [0.15, 0.2) is 6.29 Å². The standard InChI is InChI=1S/C34H52O3/c1-6-7-11-27(2)26-33(37-32-18-14-28(15-19-32)22-23-34(3,4)5)36-25-24-35-31-20-16-30(17-21-31)29-12-9-8-10-13-29/h14-21,27,29,33H,6-13,22-26H2,1-5H3. The molecule has 0 spiro atoms. The predicted molar refractivity (Wildman–Crippen MR) is 156 cm³/mol. The number of benzene rings is 2. The Kier molecular flexibility index (Phi) is 12.3. The Morgan fingerprint density at radius 2 is 1.54 bits per heavy atom. The molecule has 2 aromatic rings. The number of rotatable bonds is 15. The van der Waals surface area contributed by atoms with Crippen LogP contribution in [-0.2, 0) is 11.2 Å². The molecule has 206 valence electrons. The van der Waals surface area contributed by atoms with Gasteiger partial charge in [0.05, 0.1) is 6.61 Å². The minimum Gasteiger partial charge on any atom is -0.491 e. The molecule has 1 fully saturated rings. The van der Waals surface area contributed by atoms with Gasteiger partial charge in [0.1, 0.15) is 18.1 Å². The third kappa shape index (κ3) is 11.5. The highest BCUT2D eigenvalue weighted by atomic mass is 16.7. The van der Waals surface area contributed by atoms with Gasteiger partial charge in [0, 0.05) is 6.42 Å². The third-order valence-corrected chi connectivity index (χ3v) is 7.61.